The molecule has 0 spiro atoms. The molecule has 3 rings (SSSR count). The van der Waals surface area contributed by atoms with Crippen molar-refractivity contribution in [1.29, 1.82) is 0 Å². The molecular formula is C18H17NO5. The number of ketones is 1. The molecule has 1 atom stereocenters. The summed E-state index contributed by atoms with van der Waals surface area (Å²) in [5.41, 5.74) is -0.822. The van der Waals surface area contributed by atoms with Crippen molar-refractivity contribution in [2.24, 2.45) is 0 Å². The highest BCUT2D eigenvalue weighted by molar-refractivity contribution is 6.05. The number of ether oxygens (including phenoxy) is 2. The lowest BCUT2D eigenvalue weighted by atomic mass is 9.88. The molecule has 2 aromatic rings. The summed E-state index contributed by atoms with van der Waals surface area (Å²) >= 11 is 0. The smallest absolute Gasteiger partial charge is 0.414 e. The quantitative estimate of drug-likeness (QED) is 0.905. The van der Waals surface area contributed by atoms with Crippen molar-refractivity contribution in [2.75, 3.05) is 6.61 Å². The number of Topliss-reactive ketones (excluding diaryl/α,β-unsaturated/α-hetero) is 1. The van der Waals surface area contributed by atoms with Gasteiger partial charge in [0.25, 0.3) is 5.78 Å². The maximum Gasteiger partial charge on any atom is 0.414 e. The molecule has 2 aromatic carbocycles. The van der Waals surface area contributed by atoms with Gasteiger partial charge in [0.15, 0.2) is 5.60 Å². The SMILES string of the molecule is CCOC(=O)NC1=C(O)C(=O)C(C)(c2cccc3ccccc23)O1. The van der Waals surface area contributed by atoms with E-state index in [0.29, 0.717) is 5.56 Å². The van der Waals surface area contributed by atoms with Gasteiger partial charge in [-0.05, 0) is 24.6 Å². The molecule has 0 saturated carbocycles. The molecule has 1 aliphatic heterocycles. The highest BCUT2D eigenvalue weighted by atomic mass is 16.6. The van der Waals surface area contributed by atoms with Crippen molar-refractivity contribution in [1.82, 2.24) is 5.32 Å². The van der Waals surface area contributed by atoms with E-state index < -0.39 is 23.2 Å². The predicted octanol–water partition coefficient (Wildman–Crippen LogP) is 3.13. The maximum atomic E-state index is 12.6. The third kappa shape index (κ3) is 2.46. The van der Waals surface area contributed by atoms with Gasteiger partial charge in [0.2, 0.25) is 11.6 Å². The van der Waals surface area contributed by atoms with Crippen LogP contribution in [0.4, 0.5) is 4.79 Å². The van der Waals surface area contributed by atoms with Crippen LogP contribution in [0.3, 0.4) is 0 Å². The molecule has 1 heterocycles. The topological polar surface area (TPSA) is 84.9 Å². The van der Waals surface area contributed by atoms with Crippen LogP contribution in [0.2, 0.25) is 0 Å². The summed E-state index contributed by atoms with van der Waals surface area (Å²) < 4.78 is 10.4. The van der Waals surface area contributed by atoms with E-state index in [9.17, 15) is 14.7 Å². The highest BCUT2D eigenvalue weighted by Crippen LogP contribution is 2.40. The lowest BCUT2D eigenvalue weighted by Gasteiger charge is -2.25. The number of amides is 1. The van der Waals surface area contributed by atoms with Gasteiger partial charge in [-0.2, -0.15) is 0 Å². The van der Waals surface area contributed by atoms with Crippen molar-refractivity contribution < 1.29 is 24.2 Å². The fraction of sp³-hybridized carbons (Fsp3) is 0.222. The van der Waals surface area contributed by atoms with E-state index in [1.165, 1.54) is 0 Å². The minimum Gasteiger partial charge on any atom is -0.501 e. The van der Waals surface area contributed by atoms with Gasteiger partial charge in [0.1, 0.15) is 0 Å². The Labute approximate surface area is 138 Å². The number of fused-ring (bicyclic) bond motifs is 1. The van der Waals surface area contributed by atoms with Gasteiger partial charge in [0.05, 0.1) is 6.61 Å². The molecule has 0 bridgehead atoms. The van der Waals surface area contributed by atoms with E-state index in [1.54, 1.807) is 19.9 Å². The standard InChI is InChI=1S/C18H17NO5/c1-3-23-17(22)19-16-14(20)15(21)18(2,24-16)13-10-6-8-11-7-4-5-9-12(11)13/h4-10,20H,3H2,1-2H3,(H,19,22). The van der Waals surface area contributed by atoms with Gasteiger partial charge in [-0.1, -0.05) is 42.5 Å². The van der Waals surface area contributed by atoms with Crippen LogP contribution in [0.25, 0.3) is 10.8 Å². The Bertz CT molecular complexity index is 852. The molecule has 6 heteroatoms. The largest absolute Gasteiger partial charge is 0.501 e. The average molecular weight is 327 g/mol. The number of hydrogen-bond acceptors (Lipinski definition) is 5. The lowest BCUT2D eigenvalue weighted by Crippen LogP contribution is -2.32. The number of rotatable bonds is 3. The van der Waals surface area contributed by atoms with E-state index in [1.807, 2.05) is 36.4 Å². The van der Waals surface area contributed by atoms with Crippen LogP contribution in [-0.4, -0.2) is 23.6 Å². The number of aliphatic hydroxyl groups excluding tert-OH is 1. The second kappa shape index (κ2) is 5.88. The van der Waals surface area contributed by atoms with E-state index in [0.717, 1.165) is 10.8 Å². The first-order valence-corrected chi connectivity index (χ1v) is 7.56. The van der Waals surface area contributed by atoms with Crippen LogP contribution >= 0.6 is 0 Å². The van der Waals surface area contributed by atoms with Gasteiger partial charge in [-0.3, -0.25) is 10.1 Å². The minimum absolute atomic E-state index is 0.161. The van der Waals surface area contributed by atoms with Gasteiger partial charge < -0.3 is 14.6 Å². The van der Waals surface area contributed by atoms with Crippen molar-refractivity contribution in [2.45, 2.75) is 19.4 Å². The zero-order valence-electron chi connectivity index (χ0n) is 13.3. The van der Waals surface area contributed by atoms with Crippen molar-refractivity contribution in [3.8, 4) is 0 Å². The maximum absolute atomic E-state index is 12.6. The second-order valence-electron chi connectivity index (χ2n) is 5.51. The molecule has 0 saturated heterocycles. The summed E-state index contributed by atoms with van der Waals surface area (Å²) in [7, 11) is 0. The van der Waals surface area contributed by atoms with Crippen molar-refractivity contribution in [3.05, 3.63) is 59.7 Å². The molecule has 0 aromatic heterocycles. The Balaban J connectivity index is 2.00. The summed E-state index contributed by atoms with van der Waals surface area (Å²) in [6.07, 6.45) is -0.797. The van der Waals surface area contributed by atoms with Crippen LogP contribution in [0.5, 0.6) is 0 Å². The van der Waals surface area contributed by atoms with Crippen LogP contribution < -0.4 is 5.32 Å². The first kappa shape index (κ1) is 15.9. The normalized spacial score (nSPS) is 20.2. The molecule has 24 heavy (non-hydrogen) atoms. The van der Waals surface area contributed by atoms with Crippen molar-refractivity contribution in [3.63, 3.8) is 0 Å². The minimum atomic E-state index is -1.43. The molecule has 1 unspecified atom stereocenters. The summed E-state index contributed by atoms with van der Waals surface area (Å²) in [5.74, 6) is -1.54. The number of aliphatic hydroxyl groups is 1. The Kier molecular flexibility index (Phi) is 3.89. The fourth-order valence-corrected chi connectivity index (χ4v) is 2.79. The third-order valence-corrected chi connectivity index (χ3v) is 3.96. The van der Waals surface area contributed by atoms with Crippen LogP contribution in [0.15, 0.2) is 54.1 Å². The zero-order valence-corrected chi connectivity index (χ0v) is 13.3. The number of benzene rings is 2. The molecule has 0 radical (unpaired) electrons. The first-order valence-electron chi connectivity index (χ1n) is 7.56. The summed E-state index contributed by atoms with van der Waals surface area (Å²) in [6, 6.07) is 13.1. The molecule has 0 aliphatic carbocycles. The number of carbonyl (C=O) groups excluding carboxylic acids is 2. The van der Waals surface area contributed by atoms with Crippen LogP contribution in [0, 0.1) is 0 Å². The number of carbonyl (C=O) groups is 2. The molecule has 124 valence electrons. The monoisotopic (exact) mass is 327 g/mol. The Hall–Kier alpha value is -3.02. The van der Waals surface area contributed by atoms with Gasteiger partial charge in [-0.25, -0.2) is 4.79 Å². The summed E-state index contributed by atoms with van der Waals surface area (Å²) in [4.78, 5) is 24.1. The molecule has 0 fully saturated rings. The van der Waals surface area contributed by atoms with E-state index in [2.05, 4.69) is 5.32 Å². The van der Waals surface area contributed by atoms with Crippen molar-refractivity contribution >= 4 is 22.6 Å². The Morgan fingerprint density at radius 2 is 1.96 bits per heavy atom. The molecular weight excluding hydrogens is 310 g/mol. The number of nitrogens with one attached hydrogen (secondary N) is 1. The first-order chi connectivity index (χ1) is 11.5. The molecule has 1 aliphatic rings. The molecule has 6 nitrogen and oxygen atoms in total. The lowest BCUT2D eigenvalue weighted by molar-refractivity contribution is -0.131. The van der Waals surface area contributed by atoms with E-state index >= 15 is 0 Å². The Morgan fingerprint density at radius 3 is 2.71 bits per heavy atom. The highest BCUT2D eigenvalue weighted by Gasteiger charge is 2.49. The van der Waals surface area contributed by atoms with Gasteiger partial charge in [-0.15, -0.1) is 0 Å². The van der Waals surface area contributed by atoms with Crippen LogP contribution in [0.1, 0.15) is 19.4 Å². The second-order valence-corrected chi connectivity index (χ2v) is 5.51. The zero-order chi connectivity index (χ0) is 17.3. The molecule has 2 N–H and O–H groups in total. The van der Waals surface area contributed by atoms with Gasteiger partial charge in [0, 0.05) is 5.56 Å². The predicted molar refractivity (Wildman–Crippen MR) is 87.2 cm³/mol. The summed E-state index contributed by atoms with van der Waals surface area (Å²) in [5, 5.41) is 14.1. The third-order valence-electron chi connectivity index (χ3n) is 3.96. The Morgan fingerprint density at radius 1 is 1.25 bits per heavy atom. The van der Waals surface area contributed by atoms with E-state index in [-0.39, 0.29) is 12.5 Å². The fourth-order valence-electron chi connectivity index (χ4n) is 2.79. The number of hydrogen-bond donors (Lipinski definition) is 2. The van der Waals surface area contributed by atoms with Crippen LogP contribution in [-0.2, 0) is 19.9 Å². The summed E-state index contributed by atoms with van der Waals surface area (Å²) in [6.45, 7) is 3.37. The number of alkyl carbamates (subject to hydrolysis) is 1. The average Bonchev–Trinajstić information content (AvgIpc) is 2.79. The van der Waals surface area contributed by atoms with Gasteiger partial charge >= 0.3 is 6.09 Å². The molecule has 1 amide bonds. The van der Waals surface area contributed by atoms with E-state index in [4.69, 9.17) is 9.47 Å².